The van der Waals surface area contributed by atoms with E-state index < -0.39 is 4.92 Å². The first-order valence-corrected chi connectivity index (χ1v) is 7.49. The van der Waals surface area contributed by atoms with E-state index in [9.17, 15) is 10.1 Å². The summed E-state index contributed by atoms with van der Waals surface area (Å²) in [5.74, 6) is 0. The van der Waals surface area contributed by atoms with E-state index in [0.717, 1.165) is 14.5 Å². The smallest absolute Gasteiger partial charge is 0.271 e. The average Bonchev–Trinajstić information content (AvgIpc) is 2.39. The van der Waals surface area contributed by atoms with Crippen LogP contribution in [-0.2, 0) is 6.54 Å². The molecule has 0 aliphatic heterocycles. The molecule has 0 spiro atoms. The van der Waals surface area contributed by atoms with E-state index in [2.05, 4.69) is 37.2 Å². The highest BCUT2D eigenvalue weighted by Gasteiger charge is 2.09. The van der Waals surface area contributed by atoms with Gasteiger partial charge in [-0.25, -0.2) is 0 Å². The lowest BCUT2D eigenvalue weighted by Gasteiger charge is -2.10. The number of hydrogen-bond acceptors (Lipinski definition) is 3. The van der Waals surface area contributed by atoms with Crippen LogP contribution in [0, 0.1) is 17.0 Å². The van der Waals surface area contributed by atoms with Crippen molar-refractivity contribution < 1.29 is 4.92 Å². The molecular weight excluding hydrogens is 388 g/mol. The molecule has 0 unspecified atom stereocenters. The molecule has 2 aromatic carbocycles. The Morgan fingerprint density at radius 1 is 1.15 bits per heavy atom. The first-order valence-electron chi connectivity index (χ1n) is 5.90. The largest absolute Gasteiger partial charge is 0.380 e. The zero-order valence-electron chi connectivity index (χ0n) is 10.7. The van der Waals surface area contributed by atoms with Gasteiger partial charge in [0.05, 0.1) is 10.6 Å². The summed E-state index contributed by atoms with van der Waals surface area (Å²) in [6.07, 6.45) is 0. The van der Waals surface area contributed by atoms with Gasteiger partial charge in [0.1, 0.15) is 0 Å². The molecule has 0 aliphatic rings. The van der Waals surface area contributed by atoms with Crippen LogP contribution in [0.15, 0.2) is 45.3 Å². The number of nitro groups is 1. The van der Waals surface area contributed by atoms with Gasteiger partial charge in [0, 0.05) is 27.6 Å². The van der Waals surface area contributed by atoms with Crippen molar-refractivity contribution in [2.24, 2.45) is 0 Å². The highest BCUT2D eigenvalue weighted by Crippen LogP contribution is 2.28. The molecular formula is C14H12Br2N2O2. The van der Waals surface area contributed by atoms with Crippen molar-refractivity contribution in [3.05, 3.63) is 66.6 Å². The van der Waals surface area contributed by atoms with E-state index in [1.54, 1.807) is 6.07 Å². The van der Waals surface area contributed by atoms with Crippen LogP contribution in [0.4, 0.5) is 11.4 Å². The van der Waals surface area contributed by atoms with Crippen LogP contribution in [0.5, 0.6) is 0 Å². The van der Waals surface area contributed by atoms with Crippen LogP contribution in [0.3, 0.4) is 0 Å². The van der Waals surface area contributed by atoms with Crippen molar-refractivity contribution >= 4 is 43.2 Å². The molecule has 0 saturated carbocycles. The summed E-state index contributed by atoms with van der Waals surface area (Å²) in [5.41, 5.74) is 3.04. The third kappa shape index (κ3) is 3.58. The second kappa shape index (κ2) is 6.37. The zero-order chi connectivity index (χ0) is 14.7. The maximum atomic E-state index is 10.8. The molecule has 20 heavy (non-hydrogen) atoms. The number of halogens is 2. The highest BCUT2D eigenvalue weighted by atomic mass is 79.9. The second-order valence-electron chi connectivity index (χ2n) is 4.37. The van der Waals surface area contributed by atoms with Crippen LogP contribution in [-0.4, -0.2) is 4.92 Å². The first-order chi connectivity index (χ1) is 9.47. The Balaban J connectivity index is 2.18. The number of aryl methyl sites for hydroxylation is 1. The normalized spacial score (nSPS) is 10.3. The van der Waals surface area contributed by atoms with Gasteiger partial charge in [-0.2, -0.15) is 0 Å². The van der Waals surface area contributed by atoms with Gasteiger partial charge < -0.3 is 5.32 Å². The van der Waals surface area contributed by atoms with Crippen molar-refractivity contribution in [2.75, 3.05) is 5.32 Å². The second-order valence-corrected chi connectivity index (χ2v) is 6.08. The van der Waals surface area contributed by atoms with Crippen molar-refractivity contribution in [3.63, 3.8) is 0 Å². The number of nitrogens with one attached hydrogen (secondary N) is 1. The molecule has 0 saturated heterocycles. The van der Waals surface area contributed by atoms with Gasteiger partial charge in [-0.15, -0.1) is 0 Å². The molecule has 0 aromatic heterocycles. The van der Waals surface area contributed by atoms with E-state index in [-0.39, 0.29) is 5.69 Å². The fourth-order valence-corrected chi connectivity index (χ4v) is 2.77. The Bertz CT molecular complexity index is 660. The van der Waals surface area contributed by atoms with Crippen molar-refractivity contribution in [2.45, 2.75) is 13.5 Å². The van der Waals surface area contributed by atoms with Crippen molar-refractivity contribution in [1.82, 2.24) is 0 Å². The first kappa shape index (κ1) is 15.0. The van der Waals surface area contributed by atoms with Crippen molar-refractivity contribution in [1.29, 1.82) is 0 Å². The number of non-ortho nitro benzene ring substituents is 1. The lowest BCUT2D eigenvalue weighted by atomic mass is 10.1. The van der Waals surface area contributed by atoms with Crippen LogP contribution in [0.25, 0.3) is 0 Å². The molecule has 0 radical (unpaired) electrons. The van der Waals surface area contributed by atoms with Gasteiger partial charge in [-0.3, -0.25) is 10.1 Å². The molecule has 0 fully saturated rings. The Labute approximate surface area is 133 Å². The molecule has 2 rings (SSSR count). The molecule has 0 aliphatic carbocycles. The lowest BCUT2D eigenvalue weighted by Crippen LogP contribution is -2.02. The fourth-order valence-electron chi connectivity index (χ4n) is 1.75. The van der Waals surface area contributed by atoms with Gasteiger partial charge >= 0.3 is 0 Å². The monoisotopic (exact) mass is 398 g/mol. The van der Waals surface area contributed by atoms with E-state index in [4.69, 9.17) is 0 Å². The predicted molar refractivity (Wildman–Crippen MR) is 87.0 cm³/mol. The summed E-state index contributed by atoms with van der Waals surface area (Å²) in [5, 5.41) is 14.0. The quantitative estimate of drug-likeness (QED) is 0.578. The maximum absolute atomic E-state index is 10.8. The number of nitrogens with zero attached hydrogens (tertiary/aromatic N) is 1. The Morgan fingerprint density at radius 2 is 1.90 bits per heavy atom. The zero-order valence-corrected chi connectivity index (χ0v) is 13.9. The van der Waals surface area contributed by atoms with Crippen LogP contribution >= 0.6 is 31.9 Å². The predicted octanol–water partition coefficient (Wildman–Crippen LogP) is 5.04. The molecule has 104 valence electrons. The van der Waals surface area contributed by atoms with Gasteiger partial charge in [0.25, 0.3) is 5.69 Å². The summed E-state index contributed by atoms with van der Waals surface area (Å²) < 4.78 is 1.82. The van der Waals surface area contributed by atoms with E-state index in [0.29, 0.717) is 12.2 Å². The van der Waals surface area contributed by atoms with Crippen LogP contribution in [0.2, 0.25) is 0 Å². The van der Waals surface area contributed by atoms with E-state index in [1.807, 2.05) is 25.1 Å². The number of rotatable bonds is 4. The van der Waals surface area contributed by atoms with Gasteiger partial charge in [-0.1, -0.05) is 28.1 Å². The minimum Gasteiger partial charge on any atom is -0.380 e. The van der Waals surface area contributed by atoms with Gasteiger partial charge in [0.15, 0.2) is 0 Å². The minimum absolute atomic E-state index is 0.0682. The van der Waals surface area contributed by atoms with E-state index >= 15 is 0 Å². The van der Waals surface area contributed by atoms with Gasteiger partial charge in [-0.05, 0) is 46.1 Å². The molecule has 4 nitrogen and oxygen atoms in total. The average molecular weight is 400 g/mol. The maximum Gasteiger partial charge on any atom is 0.271 e. The topological polar surface area (TPSA) is 55.2 Å². The number of benzene rings is 2. The van der Waals surface area contributed by atoms with Crippen LogP contribution in [0.1, 0.15) is 11.1 Å². The van der Waals surface area contributed by atoms with Crippen LogP contribution < -0.4 is 5.32 Å². The Kier molecular flexibility index (Phi) is 4.77. The third-order valence-electron chi connectivity index (χ3n) is 2.84. The minimum atomic E-state index is -0.403. The molecule has 2 aromatic rings. The summed E-state index contributed by atoms with van der Waals surface area (Å²) in [4.78, 5) is 10.4. The third-order valence-corrected chi connectivity index (χ3v) is 4.27. The van der Waals surface area contributed by atoms with E-state index in [1.165, 1.54) is 17.7 Å². The number of hydrogen-bond donors (Lipinski definition) is 1. The summed E-state index contributed by atoms with van der Waals surface area (Å²) in [6, 6.07) is 10.8. The summed E-state index contributed by atoms with van der Waals surface area (Å²) >= 11 is 6.90. The lowest BCUT2D eigenvalue weighted by molar-refractivity contribution is -0.384. The number of nitro benzene ring substituents is 1. The highest BCUT2D eigenvalue weighted by molar-refractivity contribution is 9.11. The molecule has 6 heteroatoms. The molecule has 0 atom stereocenters. The summed E-state index contributed by atoms with van der Waals surface area (Å²) in [6.45, 7) is 2.61. The molecule has 0 heterocycles. The van der Waals surface area contributed by atoms with Crippen molar-refractivity contribution in [3.8, 4) is 0 Å². The SMILES string of the molecule is Cc1ccc(CNc2cc([N+](=O)[O-])ccc2Br)c(Br)c1. The Hall–Kier alpha value is -1.40. The molecule has 0 amide bonds. The Morgan fingerprint density at radius 3 is 2.55 bits per heavy atom. The fraction of sp³-hybridized carbons (Fsp3) is 0.143. The van der Waals surface area contributed by atoms with Gasteiger partial charge in [0.2, 0.25) is 0 Å². The standard InChI is InChI=1S/C14H12Br2N2O2/c1-9-2-3-10(13(16)6-9)8-17-14-7-11(18(19)20)4-5-12(14)15/h2-7,17H,8H2,1H3. The summed E-state index contributed by atoms with van der Waals surface area (Å²) in [7, 11) is 0. The molecule has 1 N–H and O–H groups in total. The number of anilines is 1. The molecule has 0 bridgehead atoms.